The number of nitrogens with zero attached hydrogens (tertiary/aromatic N) is 2. The Morgan fingerprint density at radius 3 is 2.46 bits per heavy atom. The van der Waals surface area contributed by atoms with Crippen LogP contribution in [0.25, 0.3) is 10.1 Å². The molecule has 0 bridgehead atoms. The minimum atomic E-state index is 0.112. The van der Waals surface area contributed by atoms with Crippen LogP contribution in [0.1, 0.15) is 40.9 Å². The van der Waals surface area contributed by atoms with Crippen LogP contribution < -0.4 is 5.32 Å². The number of hydrogen-bond acceptors (Lipinski definition) is 4. The van der Waals surface area contributed by atoms with E-state index in [0.717, 1.165) is 34.7 Å². The van der Waals surface area contributed by atoms with Crippen molar-refractivity contribution >= 4 is 33.2 Å². The van der Waals surface area contributed by atoms with Crippen molar-refractivity contribution in [2.24, 2.45) is 5.92 Å². The van der Waals surface area contributed by atoms with Crippen LogP contribution in [-0.4, -0.2) is 60.9 Å². The van der Waals surface area contributed by atoms with Gasteiger partial charge in [-0.2, -0.15) is 0 Å². The number of rotatable bonds is 4. The van der Waals surface area contributed by atoms with E-state index in [-0.39, 0.29) is 11.8 Å². The molecule has 2 aliphatic heterocycles. The summed E-state index contributed by atoms with van der Waals surface area (Å²) in [6, 6.07) is 8.19. The van der Waals surface area contributed by atoms with E-state index in [1.165, 1.54) is 18.2 Å². The zero-order valence-corrected chi connectivity index (χ0v) is 17.4. The van der Waals surface area contributed by atoms with Crippen LogP contribution in [0.5, 0.6) is 0 Å². The molecular formula is C22H29N3O2S. The Labute approximate surface area is 170 Å². The van der Waals surface area contributed by atoms with Crippen LogP contribution >= 0.6 is 11.3 Å². The Kier molecular flexibility index (Phi) is 5.97. The summed E-state index contributed by atoms with van der Waals surface area (Å²) in [5.41, 5.74) is 1.08. The van der Waals surface area contributed by atoms with Gasteiger partial charge in [-0.1, -0.05) is 18.2 Å². The van der Waals surface area contributed by atoms with Crippen LogP contribution in [0.4, 0.5) is 0 Å². The van der Waals surface area contributed by atoms with Gasteiger partial charge in [0.1, 0.15) is 0 Å². The standard InChI is InChI=1S/C22H29N3O2S/c1-16-18-4-2-3-5-19(18)28-21(16)22(27)25-14-12-24(13-15-25)20(26)7-6-17-8-10-23-11-9-17/h2-5,17,23H,6-15H2,1H3. The van der Waals surface area contributed by atoms with E-state index in [1.807, 2.05) is 28.9 Å². The van der Waals surface area contributed by atoms with Gasteiger partial charge in [-0.3, -0.25) is 9.59 Å². The summed E-state index contributed by atoms with van der Waals surface area (Å²) in [5, 5.41) is 4.54. The number of amides is 2. The summed E-state index contributed by atoms with van der Waals surface area (Å²) < 4.78 is 1.16. The highest BCUT2D eigenvalue weighted by atomic mass is 32.1. The molecule has 0 aliphatic carbocycles. The molecular weight excluding hydrogens is 370 g/mol. The van der Waals surface area contributed by atoms with Crippen molar-refractivity contribution in [2.45, 2.75) is 32.6 Å². The number of nitrogens with one attached hydrogen (secondary N) is 1. The zero-order valence-electron chi connectivity index (χ0n) is 16.6. The van der Waals surface area contributed by atoms with Gasteiger partial charge >= 0.3 is 0 Å². The van der Waals surface area contributed by atoms with Crippen molar-refractivity contribution in [2.75, 3.05) is 39.3 Å². The molecule has 2 aromatic rings. The lowest BCUT2D eigenvalue weighted by atomic mass is 9.93. The molecule has 28 heavy (non-hydrogen) atoms. The number of fused-ring (bicyclic) bond motifs is 1. The number of thiophene rings is 1. The Morgan fingerprint density at radius 1 is 1.07 bits per heavy atom. The highest BCUT2D eigenvalue weighted by Crippen LogP contribution is 2.31. The van der Waals surface area contributed by atoms with Gasteiger partial charge in [-0.05, 0) is 62.2 Å². The minimum Gasteiger partial charge on any atom is -0.339 e. The maximum absolute atomic E-state index is 13.0. The monoisotopic (exact) mass is 399 g/mol. The molecule has 1 aromatic carbocycles. The van der Waals surface area contributed by atoms with Crippen molar-refractivity contribution in [3.05, 3.63) is 34.7 Å². The Hall–Kier alpha value is -1.92. The maximum Gasteiger partial charge on any atom is 0.264 e. The second kappa shape index (κ2) is 8.62. The van der Waals surface area contributed by atoms with Crippen LogP contribution in [0.15, 0.2) is 24.3 Å². The Morgan fingerprint density at radius 2 is 1.75 bits per heavy atom. The number of carbonyl (C=O) groups is 2. The average molecular weight is 400 g/mol. The van der Waals surface area contributed by atoms with Crippen LogP contribution in [0.3, 0.4) is 0 Å². The fourth-order valence-corrected chi connectivity index (χ4v) is 5.51. The first-order valence-corrected chi connectivity index (χ1v) is 11.2. The largest absolute Gasteiger partial charge is 0.339 e. The number of hydrogen-bond donors (Lipinski definition) is 1. The number of piperidine rings is 1. The van der Waals surface area contributed by atoms with Crippen LogP contribution in [-0.2, 0) is 4.79 Å². The molecule has 1 N–H and O–H groups in total. The highest BCUT2D eigenvalue weighted by molar-refractivity contribution is 7.21. The van der Waals surface area contributed by atoms with Gasteiger partial charge in [0.25, 0.3) is 5.91 Å². The van der Waals surface area contributed by atoms with E-state index in [0.29, 0.717) is 38.5 Å². The molecule has 4 rings (SSSR count). The first-order chi connectivity index (χ1) is 13.6. The molecule has 0 atom stereocenters. The minimum absolute atomic E-state index is 0.112. The lowest BCUT2D eigenvalue weighted by Crippen LogP contribution is -2.50. The van der Waals surface area contributed by atoms with Crippen LogP contribution in [0.2, 0.25) is 0 Å². The number of benzene rings is 1. The smallest absolute Gasteiger partial charge is 0.264 e. The summed E-state index contributed by atoms with van der Waals surface area (Å²) in [4.78, 5) is 30.3. The predicted octanol–water partition coefficient (Wildman–Crippen LogP) is 3.27. The SMILES string of the molecule is Cc1c(C(=O)N2CCN(C(=O)CCC3CCNCC3)CC2)sc2ccccc12. The van der Waals surface area contributed by atoms with Crippen molar-refractivity contribution in [1.29, 1.82) is 0 Å². The van der Waals surface area contributed by atoms with Crippen molar-refractivity contribution in [1.82, 2.24) is 15.1 Å². The lowest BCUT2D eigenvalue weighted by molar-refractivity contribution is -0.133. The van der Waals surface area contributed by atoms with Gasteiger partial charge < -0.3 is 15.1 Å². The quantitative estimate of drug-likeness (QED) is 0.858. The third-order valence-electron chi connectivity index (χ3n) is 6.18. The van der Waals surface area contributed by atoms with Crippen molar-refractivity contribution < 1.29 is 9.59 Å². The third kappa shape index (κ3) is 4.08. The van der Waals surface area contributed by atoms with E-state index in [4.69, 9.17) is 0 Å². The normalized spacial score (nSPS) is 18.6. The van der Waals surface area contributed by atoms with Crippen molar-refractivity contribution in [3.8, 4) is 0 Å². The fourth-order valence-electron chi connectivity index (χ4n) is 4.34. The van der Waals surface area contributed by atoms with Gasteiger partial charge in [0, 0.05) is 37.3 Å². The van der Waals surface area contributed by atoms with Crippen LogP contribution in [0, 0.1) is 12.8 Å². The first kappa shape index (κ1) is 19.4. The summed E-state index contributed by atoms with van der Waals surface area (Å²) in [6.45, 7) is 6.76. The van der Waals surface area contributed by atoms with E-state index >= 15 is 0 Å². The number of aryl methyl sites for hydroxylation is 1. The molecule has 2 amide bonds. The molecule has 0 spiro atoms. The summed E-state index contributed by atoms with van der Waals surface area (Å²) in [6.07, 6.45) is 4.02. The third-order valence-corrected chi connectivity index (χ3v) is 7.44. The molecule has 0 saturated carbocycles. The molecule has 2 fully saturated rings. The number of carbonyl (C=O) groups excluding carboxylic acids is 2. The molecule has 6 heteroatoms. The van der Waals surface area contributed by atoms with E-state index in [1.54, 1.807) is 11.3 Å². The lowest BCUT2D eigenvalue weighted by Gasteiger charge is -2.35. The zero-order chi connectivity index (χ0) is 19.5. The van der Waals surface area contributed by atoms with Crippen molar-refractivity contribution in [3.63, 3.8) is 0 Å². The van der Waals surface area contributed by atoms with E-state index < -0.39 is 0 Å². The van der Waals surface area contributed by atoms with Gasteiger partial charge in [-0.25, -0.2) is 0 Å². The Balaban J connectivity index is 1.31. The average Bonchev–Trinajstić information content (AvgIpc) is 3.09. The van der Waals surface area contributed by atoms with Gasteiger partial charge in [0.15, 0.2) is 0 Å². The highest BCUT2D eigenvalue weighted by Gasteiger charge is 2.27. The Bertz CT molecular complexity index is 849. The van der Waals surface area contributed by atoms with Gasteiger partial charge in [-0.15, -0.1) is 11.3 Å². The molecule has 2 aliphatic rings. The van der Waals surface area contributed by atoms with Gasteiger partial charge in [0.05, 0.1) is 4.88 Å². The topological polar surface area (TPSA) is 52.7 Å². The molecule has 0 radical (unpaired) electrons. The first-order valence-electron chi connectivity index (χ1n) is 10.4. The molecule has 0 unspecified atom stereocenters. The summed E-state index contributed by atoms with van der Waals surface area (Å²) in [5.74, 6) is 1.05. The van der Waals surface area contributed by atoms with E-state index in [2.05, 4.69) is 17.4 Å². The predicted molar refractivity (Wildman–Crippen MR) is 114 cm³/mol. The fraction of sp³-hybridized carbons (Fsp3) is 0.545. The molecule has 1 aromatic heterocycles. The molecule has 150 valence electrons. The summed E-state index contributed by atoms with van der Waals surface area (Å²) >= 11 is 1.58. The maximum atomic E-state index is 13.0. The molecule has 2 saturated heterocycles. The second-order valence-corrected chi connectivity index (χ2v) is 9.01. The summed E-state index contributed by atoms with van der Waals surface area (Å²) in [7, 11) is 0. The second-order valence-electron chi connectivity index (χ2n) is 7.96. The number of piperazine rings is 1. The molecule has 3 heterocycles. The van der Waals surface area contributed by atoms with Gasteiger partial charge in [0.2, 0.25) is 5.91 Å². The van der Waals surface area contributed by atoms with E-state index in [9.17, 15) is 9.59 Å². The molecule has 5 nitrogen and oxygen atoms in total.